The Morgan fingerprint density at radius 3 is 2.67 bits per heavy atom. The summed E-state index contributed by atoms with van der Waals surface area (Å²) in [6.07, 6.45) is 7.82. The summed E-state index contributed by atoms with van der Waals surface area (Å²) in [4.78, 5) is 28.9. The molecule has 7 heteroatoms. The number of aromatic nitrogens is 1. The van der Waals surface area contributed by atoms with E-state index in [4.69, 9.17) is 9.15 Å². The van der Waals surface area contributed by atoms with E-state index in [1.54, 1.807) is 11.2 Å². The van der Waals surface area contributed by atoms with Gasteiger partial charge in [-0.3, -0.25) is 9.59 Å². The molecular formula is C23H29N3O4. The third kappa shape index (κ3) is 3.25. The first-order chi connectivity index (χ1) is 14.6. The van der Waals surface area contributed by atoms with E-state index < -0.39 is 5.54 Å². The monoisotopic (exact) mass is 411 g/mol. The lowest BCUT2D eigenvalue weighted by Crippen LogP contribution is -2.66. The van der Waals surface area contributed by atoms with Gasteiger partial charge in [0.05, 0.1) is 24.6 Å². The zero-order valence-electron chi connectivity index (χ0n) is 17.4. The highest BCUT2D eigenvalue weighted by Gasteiger charge is 2.49. The third-order valence-electron chi connectivity index (χ3n) is 6.87. The number of furan rings is 1. The second-order valence-corrected chi connectivity index (χ2v) is 8.95. The van der Waals surface area contributed by atoms with Crippen LogP contribution in [0, 0.1) is 0 Å². The maximum Gasteiger partial charge on any atom is 0.271 e. The summed E-state index contributed by atoms with van der Waals surface area (Å²) < 4.78 is 13.3. The molecule has 160 valence electrons. The van der Waals surface area contributed by atoms with Gasteiger partial charge in [0.2, 0.25) is 5.91 Å². The molecule has 4 heterocycles. The van der Waals surface area contributed by atoms with E-state index in [0.717, 1.165) is 50.8 Å². The molecular weight excluding hydrogens is 382 g/mol. The van der Waals surface area contributed by atoms with Crippen molar-refractivity contribution in [2.45, 2.75) is 69.7 Å². The van der Waals surface area contributed by atoms with Gasteiger partial charge in [-0.15, -0.1) is 0 Å². The second kappa shape index (κ2) is 7.61. The SMILES string of the molecule is CC1(C(=O)NC2CCCC2)Cn2c(ccc2-c2ccco2)C(=O)N1CC1CCCO1. The van der Waals surface area contributed by atoms with Crippen molar-refractivity contribution < 1.29 is 18.7 Å². The van der Waals surface area contributed by atoms with Crippen LogP contribution in [0.4, 0.5) is 0 Å². The fourth-order valence-corrected chi connectivity index (χ4v) is 5.10. The molecule has 2 aromatic rings. The minimum absolute atomic E-state index is 0.0152. The summed E-state index contributed by atoms with van der Waals surface area (Å²) in [5.41, 5.74) is 0.421. The molecule has 3 aliphatic rings. The Morgan fingerprint density at radius 1 is 1.17 bits per heavy atom. The van der Waals surface area contributed by atoms with Crippen LogP contribution in [-0.2, 0) is 16.1 Å². The summed E-state index contributed by atoms with van der Waals surface area (Å²) in [6.45, 7) is 3.44. The number of hydrogen-bond acceptors (Lipinski definition) is 4. The molecule has 1 saturated heterocycles. The Labute approximate surface area is 176 Å². The summed E-state index contributed by atoms with van der Waals surface area (Å²) in [6, 6.07) is 7.63. The molecule has 2 fully saturated rings. The van der Waals surface area contributed by atoms with Gasteiger partial charge >= 0.3 is 0 Å². The minimum Gasteiger partial charge on any atom is -0.463 e. The van der Waals surface area contributed by atoms with Crippen LogP contribution in [-0.4, -0.2) is 52.1 Å². The number of carbonyl (C=O) groups excluding carboxylic acids is 2. The molecule has 1 N–H and O–H groups in total. The molecule has 0 aromatic carbocycles. The van der Waals surface area contributed by atoms with Crippen molar-refractivity contribution >= 4 is 11.8 Å². The van der Waals surface area contributed by atoms with Gasteiger partial charge in [0, 0.05) is 19.2 Å². The van der Waals surface area contributed by atoms with Crippen molar-refractivity contribution in [2.24, 2.45) is 0 Å². The lowest BCUT2D eigenvalue weighted by atomic mass is 9.93. The van der Waals surface area contributed by atoms with Crippen LogP contribution in [0.25, 0.3) is 11.5 Å². The average Bonchev–Trinajstić information content (AvgIpc) is 3.53. The molecule has 1 aliphatic carbocycles. The minimum atomic E-state index is -0.987. The highest BCUT2D eigenvalue weighted by atomic mass is 16.5. The number of nitrogens with one attached hydrogen (secondary N) is 1. The van der Waals surface area contributed by atoms with Crippen molar-refractivity contribution in [3.8, 4) is 11.5 Å². The average molecular weight is 412 g/mol. The summed E-state index contributed by atoms with van der Waals surface area (Å²) in [5.74, 6) is 0.490. The van der Waals surface area contributed by atoms with Crippen LogP contribution in [0.3, 0.4) is 0 Å². The van der Waals surface area contributed by atoms with E-state index in [9.17, 15) is 9.59 Å². The topological polar surface area (TPSA) is 76.7 Å². The fourth-order valence-electron chi connectivity index (χ4n) is 5.10. The number of ether oxygens (including phenoxy) is 1. The van der Waals surface area contributed by atoms with E-state index in [0.29, 0.717) is 24.5 Å². The van der Waals surface area contributed by atoms with Gasteiger partial charge in [-0.25, -0.2) is 0 Å². The molecule has 30 heavy (non-hydrogen) atoms. The summed E-state index contributed by atoms with van der Waals surface area (Å²) in [5, 5.41) is 3.23. The molecule has 2 aromatic heterocycles. The molecule has 0 bridgehead atoms. The smallest absolute Gasteiger partial charge is 0.271 e. The van der Waals surface area contributed by atoms with Crippen LogP contribution in [0.1, 0.15) is 55.9 Å². The molecule has 0 radical (unpaired) electrons. The Balaban J connectivity index is 1.51. The Bertz CT molecular complexity index is 922. The largest absolute Gasteiger partial charge is 0.463 e. The highest BCUT2D eigenvalue weighted by Crippen LogP contribution is 2.34. The number of nitrogens with zero attached hydrogens (tertiary/aromatic N) is 2. The van der Waals surface area contributed by atoms with Crippen LogP contribution < -0.4 is 5.32 Å². The Hall–Kier alpha value is -2.54. The Kier molecular flexibility index (Phi) is 4.93. The first kappa shape index (κ1) is 19.4. The van der Waals surface area contributed by atoms with E-state index in [1.807, 2.05) is 35.8 Å². The first-order valence-corrected chi connectivity index (χ1v) is 11.0. The quantitative estimate of drug-likeness (QED) is 0.820. The number of rotatable bonds is 5. The van der Waals surface area contributed by atoms with Crippen molar-refractivity contribution in [2.75, 3.05) is 13.2 Å². The van der Waals surface area contributed by atoms with Crippen LogP contribution in [0.5, 0.6) is 0 Å². The van der Waals surface area contributed by atoms with E-state index in [1.165, 1.54) is 0 Å². The third-order valence-corrected chi connectivity index (χ3v) is 6.87. The van der Waals surface area contributed by atoms with Gasteiger partial charge in [-0.05, 0) is 56.9 Å². The maximum atomic E-state index is 13.6. The number of fused-ring (bicyclic) bond motifs is 1. The lowest BCUT2D eigenvalue weighted by molar-refractivity contribution is -0.134. The normalized spacial score (nSPS) is 26.9. The van der Waals surface area contributed by atoms with Gasteiger partial charge in [0.1, 0.15) is 17.0 Å². The van der Waals surface area contributed by atoms with E-state index >= 15 is 0 Å². The maximum absolute atomic E-state index is 13.6. The van der Waals surface area contributed by atoms with Gasteiger partial charge in [0.15, 0.2) is 0 Å². The van der Waals surface area contributed by atoms with E-state index in [2.05, 4.69) is 5.32 Å². The lowest BCUT2D eigenvalue weighted by Gasteiger charge is -2.45. The van der Waals surface area contributed by atoms with Crippen LogP contribution in [0.15, 0.2) is 34.9 Å². The number of amides is 2. The first-order valence-electron chi connectivity index (χ1n) is 11.0. The molecule has 2 aliphatic heterocycles. The molecule has 1 saturated carbocycles. The van der Waals surface area contributed by atoms with Gasteiger partial charge < -0.3 is 23.9 Å². The van der Waals surface area contributed by atoms with Crippen molar-refractivity contribution in [3.63, 3.8) is 0 Å². The van der Waals surface area contributed by atoms with Crippen molar-refractivity contribution in [1.82, 2.24) is 14.8 Å². The molecule has 2 amide bonds. The summed E-state index contributed by atoms with van der Waals surface area (Å²) >= 11 is 0. The predicted molar refractivity (Wildman–Crippen MR) is 111 cm³/mol. The van der Waals surface area contributed by atoms with Gasteiger partial charge in [0.25, 0.3) is 5.91 Å². The molecule has 2 atom stereocenters. The van der Waals surface area contributed by atoms with Crippen molar-refractivity contribution in [1.29, 1.82) is 0 Å². The molecule has 2 unspecified atom stereocenters. The summed E-state index contributed by atoms with van der Waals surface area (Å²) in [7, 11) is 0. The zero-order valence-corrected chi connectivity index (χ0v) is 17.4. The molecule has 0 spiro atoms. The highest BCUT2D eigenvalue weighted by molar-refractivity contribution is 6.00. The van der Waals surface area contributed by atoms with Crippen LogP contribution in [0.2, 0.25) is 0 Å². The fraction of sp³-hybridized carbons (Fsp3) is 0.565. The van der Waals surface area contributed by atoms with Gasteiger partial charge in [-0.1, -0.05) is 12.8 Å². The second-order valence-electron chi connectivity index (χ2n) is 8.95. The molecule has 5 rings (SSSR count). The standard InChI is InChI=1S/C23H29N3O4/c1-23(22(28)24-16-6-2-3-7-16)15-25-18(20-9-5-13-30-20)10-11-19(25)21(27)26(23)14-17-8-4-12-29-17/h5,9-11,13,16-17H,2-4,6-8,12,14-15H2,1H3,(H,24,28). The zero-order chi connectivity index (χ0) is 20.7. The molecule has 7 nitrogen and oxygen atoms in total. The number of carbonyl (C=O) groups is 2. The predicted octanol–water partition coefficient (Wildman–Crippen LogP) is 3.20. The number of hydrogen-bond donors (Lipinski definition) is 1. The van der Waals surface area contributed by atoms with E-state index in [-0.39, 0.29) is 24.0 Å². The van der Waals surface area contributed by atoms with Gasteiger partial charge in [-0.2, -0.15) is 0 Å². The van der Waals surface area contributed by atoms with Crippen LogP contribution >= 0.6 is 0 Å². The van der Waals surface area contributed by atoms with Crippen molar-refractivity contribution in [3.05, 3.63) is 36.2 Å². The Morgan fingerprint density at radius 2 is 1.97 bits per heavy atom.